The maximum absolute atomic E-state index is 13.6. The van der Waals surface area contributed by atoms with Crippen molar-refractivity contribution in [3.8, 4) is 5.75 Å². The molecule has 1 atom stereocenters. The molecule has 116 valence electrons. The first-order valence-electron chi connectivity index (χ1n) is 7.31. The van der Waals surface area contributed by atoms with Gasteiger partial charge < -0.3 is 10.1 Å². The molecule has 2 aromatic carbocycles. The number of aryl methyl sites for hydroxylation is 2. The summed E-state index contributed by atoms with van der Waals surface area (Å²) in [7, 11) is 0. The summed E-state index contributed by atoms with van der Waals surface area (Å²) >= 11 is 0. The number of ether oxygens (including phenoxy) is 1. The van der Waals surface area contributed by atoms with Gasteiger partial charge in [0.25, 0.3) is 5.91 Å². The second-order valence-electron chi connectivity index (χ2n) is 5.20. The minimum absolute atomic E-state index is 0.0889. The highest BCUT2D eigenvalue weighted by atomic mass is 19.1. The largest absolute Gasteiger partial charge is 0.478 e. The van der Waals surface area contributed by atoms with Gasteiger partial charge >= 0.3 is 0 Å². The van der Waals surface area contributed by atoms with Crippen molar-refractivity contribution in [3.05, 3.63) is 59.4 Å². The van der Waals surface area contributed by atoms with Crippen molar-refractivity contribution in [1.29, 1.82) is 0 Å². The van der Waals surface area contributed by atoms with Crippen LogP contribution >= 0.6 is 0 Å². The van der Waals surface area contributed by atoms with Crippen molar-refractivity contribution in [2.24, 2.45) is 0 Å². The van der Waals surface area contributed by atoms with Crippen LogP contribution in [0.1, 0.15) is 24.5 Å². The molecule has 2 aromatic rings. The number of carbonyl (C=O) groups is 1. The summed E-state index contributed by atoms with van der Waals surface area (Å²) in [5, 5.41) is 2.88. The number of halogens is 1. The first kappa shape index (κ1) is 16.0. The van der Waals surface area contributed by atoms with Crippen LogP contribution in [-0.4, -0.2) is 12.0 Å². The first-order valence-corrected chi connectivity index (χ1v) is 7.31. The summed E-state index contributed by atoms with van der Waals surface area (Å²) in [6, 6.07) is 11.9. The van der Waals surface area contributed by atoms with Crippen molar-refractivity contribution < 1.29 is 13.9 Å². The highest BCUT2D eigenvalue weighted by molar-refractivity contribution is 5.95. The van der Waals surface area contributed by atoms with Gasteiger partial charge in [0, 0.05) is 5.69 Å². The number of anilines is 1. The lowest BCUT2D eigenvalue weighted by Gasteiger charge is -2.19. The second kappa shape index (κ2) is 7.07. The van der Waals surface area contributed by atoms with Crippen LogP contribution in [0.3, 0.4) is 0 Å². The lowest BCUT2D eigenvalue weighted by atomic mass is 10.1. The highest BCUT2D eigenvalue weighted by Gasteiger charge is 2.21. The molecular formula is C18H20FNO2. The lowest BCUT2D eigenvalue weighted by Crippen LogP contribution is -2.33. The minimum Gasteiger partial charge on any atom is -0.478 e. The Bertz CT molecular complexity index is 650. The van der Waals surface area contributed by atoms with E-state index < -0.39 is 11.9 Å². The Labute approximate surface area is 130 Å². The molecule has 0 unspecified atom stereocenters. The Morgan fingerprint density at radius 3 is 2.36 bits per heavy atom. The molecule has 0 heterocycles. The summed E-state index contributed by atoms with van der Waals surface area (Å²) in [5.41, 5.74) is 2.74. The zero-order chi connectivity index (χ0) is 16.1. The number of hydrogen-bond acceptors (Lipinski definition) is 2. The third-order valence-corrected chi connectivity index (χ3v) is 3.50. The predicted octanol–water partition coefficient (Wildman–Crippen LogP) is 4.24. The molecule has 0 aliphatic rings. The van der Waals surface area contributed by atoms with Crippen LogP contribution in [0.4, 0.5) is 10.1 Å². The highest BCUT2D eigenvalue weighted by Crippen LogP contribution is 2.22. The first-order chi connectivity index (χ1) is 10.5. The molecule has 0 aliphatic heterocycles. The number of para-hydroxylation sites is 2. The van der Waals surface area contributed by atoms with Crippen LogP contribution in [0.2, 0.25) is 0 Å². The Morgan fingerprint density at radius 1 is 1.14 bits per heavy atom. The van der Waals surface area contributed by atoms with Gasteiger partial charge in [0.1, 0.15) is 0 Å². The smallest absolute Gasteiger partial charge is 0.265 e. The quantitative estimate of drug-likeness (QED) is 0.897. The summed E-state index contributed by atoms with van der Waals surface area (Å²) < 4.78 is 19.2. The molecule has 0 saturated carbocycles. The van der Waals surface area contributed by atoms with Crippen molar-refractivity contribution in [2.45, 2.75) is 33.3 Å². The number of carbonyl (C=O) groups excluding carboxylic acids is 1. The van der Waals surface area contributed by atoms with Gasteiger partial charge in [0.15, 0.2) is 17.7 Å². The molecule has 0 radical (unpaired) electrons. The number of benzene rings is 2. The standard InChI is InChI=1S/C18H20FNO2/c1-4-15(22-16-11-6-5-10-14(16)19)18(21)20-17-12(2)8-7-9-13(17)3/h5-11,15H,4H2,1-3H3,(H,20,21)/t15-/m1/s1. The van der Waals surface area contributed by atoms with E-state index in [0.717, 1.165) is 16.8 Å². The number of amides is 1. The van der Waals surface area contributed by atoms with Gasteiger partial charge in [0.2, 0.25) is 0 Å². The zero-order valence-corrected chi connectivity index (χ0v) is 13.0. The summed E-state index contributed by atoms with van der Waals surface area (Å²) in [5.74, 6) is -0.657. The molecule has 1 N–H and O–H groups in total. The minimum atomic E-state index is -0.740. The monoisotopic (exact) mass is 301 g/mol. The third-order valence-electron chi connectivity index (χ3n) is 3.50. The Kier molecular flexibility index (Phi) is 5.15. The van der Waals surface area contributed by atoms with E-state index in [2.05, 4.69) is 5.32 Å². The molecule has 0 fully saturated rings. The van der Waals surface area contributed by atoms with Crippen molar-refractivity contribution >= 4 is 11.6 Å². The van der Waals surface area contributed by atoms with Crippen LogP contribution in [0.25, 0.3) is 0 Å². The van der Waals surface area contributed by atoms with E-state index in [9.17, 15) is 9.18 Å². The van der Waals surface area contributed by atoms with Crippen LogP contribution in [0.5, 0.6) is 5.75 Å². The molecule has 0 aliphatic carbocycles. The van der Waals surface area contributed by atoms with Crippen LogP contribution < -0.4 is 10.1 Å². The molecule has 4 heteroatoms. The van der Waals surface area contributed by atoms with Crippen molar-refractivity contribution in [3.63, 3.8) is 0 Å². The second-order valence-corrected chi connectivity index (χ2v) is 5.20. The third kappa shape index (κ3) is 3.64. The lowest BCUT2D eigenvalue weighted by molar-refractivity contribution is -0.122. The fourth-order valence-electron chi connectivity index (χ4n) is 2.23. The van der Waals surface area contributed by atoms with E-state index >= 15 is 0 Å². The fourth-order valence-corrected chi connectivity index (χ4v) is 2.23. The van der Waals surface area contributed by atoms with E-state index in [4.69, 9.17) is 4.74 Å². The normalized spacial score (nSPS) is 11.8. The number of hydrogen-bond donors (Lipinski definition) is 1. The van der Waals surface area contributed by atoms with Crippen LogP contribution in [0.15, 0.2) is 42.5 Å². The number of rotatable bonds is 5. The average molecular weight is 301 g/mol. The molecule has 0 saturated heterocycles. The number of nitrogens with one attached hydrogen (secondary N) is 1. The van der Waals surface area contributed by atoms with Gasteiger partial charge in [-0.3, -0.25) is 4.79 Å². The van der Waals surface area contributed by atoms with Gasteiger partial charge in [-0.05, 0) is 43.5 Å². The Hall–Kier alpha value is -2.36. The predicted molar refractivity (Wildman–Crippen MR) is 85.7 cm³/mol. The van der Waals surface area contributed by atoms with Crippen molar-refractivity contribution in [2.75, 3.05) is 5.32 Å². The molecule has 0 spiro atoms. The summed E-state index contributed by atoms with van der Waals surface area (Å²) in [4.78, 5) is 12.4. The van der Waals surface area contributed by atoms with E-state index in [-0.39, 0.29) is 11.7 Å². The topological polar surface area (TPSA) is 38.3 Å². The van der Waals surface area contributed by atoms with Gasteiger partial charge in [-0.25, -0.2) is 4.39 Å². The Balaban J connectivity index is 2.14. The molecule has 3 nitrogen and oxygen atoms in total. The van der Waals surface area contributed by atoms with Gasteiger partial charge in [-0.1, -0.05) is 37.3 Å². The molecule has 2 rings (SSSR count). The van der Waals surface area contributed by atoms with Gasteiger partial charge in [-0.15, -0.1) is 0 Å². The van der Waals surface area contributed by atoms with Crippen LogP contribution in [0, 0.1) is 19.7 Å². The SMILES string of the molecule is CC[C@@H](Oc1ccccc1F)C(=O)Nc1c(C)cccc1C. The maximum atomic E-state index is 13.6. The zero-order valence-electron chi connectivity index (χ0n) is 13.0. The maximum Gasteiger partial charge on any atom is 0.265 e. The average Bonchev–Trinajstić information content (AvgIpc) is 2.50. The van der Waals surface area contributed by atoms with Crippen LogP contribution in [-0.2, 0) is 4.79 Å². The molecular weight excluding hydrogens is 281 g/mol. The van der Waals surface area contributed by atoms with Gasteiger partial charge in [-0.2, -0.15) is 0 Å². The fraction of sp³-hybridized carbons (Fsp3) is 0.278. The summed E-state index contributed by atoms with van der Waals surface area (Å²) in [6.45, 7) is 5.69. The summed E-state index contributed by atoms with van der Waals surface area (Å²) in [6.07, 6.45) is -0.290. The van der Waals surface area contributed by atoms with E-state index in [1.54, 1.807) is 12.1 Å². The molecule has 0 aromatic heterocycles. The molecule has 1 amide bonds. The Morgan fingerprint density at radius 2 is 1.77 bits per heavy atom. The molecule has 22 heavy (non-hydrogen) atoms. The van der Waals surface area contributed by atoms with E-state index in [1.165, 1.54) is 12.1 Å². The van der Waals surface area contributed by atoms with E-state index in [0.29, 0.717) is 6.42 Å². The van der Waals surface area contributed by atoms with E-state index in [1.807, 2.05) is 39.0 Å². The van der Waals surface area contributed by atoms with Gasteiger partial charge in [0.05, 0.1) is 0 Å². The molecule has 0 bridgehead atoms. The van der Waals surface area contributed by atoms with Crippen molar-refractivity contribution in [1.82, 2.24) is 0 Å².